The highest BCUT2D eigenvalue weighted by atomic mass is 35.5. The molecule has 1 fully saturated rings. The summed E-state index contributed by atoms with van der Waals surface area (Å²) < 4.78 is 5.51. The summed E-state index contributed by atoms with van der Waals surface area (Å²) in [6, 6.07) is 7.37. The lowest BCUT2D eigenvalue weighted by Crippen LogP contribution is -2.40. The van der Waals surface area contributed by atoms with Crippen LogP contribution in [0.15, 0.2) is 24.3 Å². The molecule has 7 heteroatoms. The van der Waals surface area contributed by atoms with Crippen LogP contribution in [0, 0.1) is 6.92 Å². The monoisotopic (exact) mass is 341 g/mol. The van der Waals surface area contributed by atoms with Crippen LogP contribution in [0.4, 0.5) is 0 Å². The second kappa shape index (κ2) is 9.50. The summed E-state index contributed by atoms with van der Waals surface area (Å²) in [7, 11) is 0. The van der Waals surface area contributed by atoms with E-state index in [0.29, 0.717) is 31.6 Å². The van der Waals surface area contributed by atoms with Gasteiger partial charge in [0.2, 0.25) is 5.91 Å². The van der Waals surface area contributed by atoms with Crippen molar-refractivity contribution < 1.29 is 14.3 Å². The lowest BCUT2D eigenvalue weighted by molar-refractivity contribution is -0.131. The lowest BCUT2D eigenvalue weighted by atomic mass is 10.1. The zero-order valence-electron chi connectivity index (χ0n) is 13.2. The third-order valence-electron chi connectivity index (χ3n) is 3.65. The second-order valence-electron chi connectivity index (χ2n) is 5.48. The van der Waals surface area contributed by atoms with E-state index in [-0.39, 0.29) is 30.3 Å². The Morgan fingerprint density at radius 3 is 2.65 bits per heavy atom. The molecule has 1 aromatic carbocycles. The molecule has 2 rings (SSSR count). The van der Waals surface area contributed by atoms with E-state index in [4.69, 9.17) is 10.5 Å². The molecule has 0 bridgehead atoms. The fourth-order valence-electron chi connectivity index (χ4n) is 2.44. The van der Waals surface area contributed by atoms with Gasteiger partial charge >= 0.3 is 0 Å². The molecule has 1 aromatic rings. The fourth-order valence-corrected chi connectivity index (χ4v) is 2.44. The number of aryl methyl sites for hydroxylation is 1. The number of benzene rings is 1. The van der Waals surface area contributed by atoms with Gasteiger partial charge in [-0.2, -0.15) is 0 Å². The average molecular weight is 342 g/mol. The largest absolute Gasteiger partial charge is 0.364 e. The van der Waals surface area contributed by atoms with Crippen molar-refractivity contribution in [2.24, 2.45) is 5.73 Å². The smallest absolute Gasteiger partial charge is 0.251 e. The topological polar surface area (TPSA) is 93.5 Å². The molecular formula is C16H24ClN3O3. The first kappa shape index (κ1) is 19.4. The fraction of sp³-hybridized carbons (Fsp3) is 0.500. The first-order valence-corrected chi connectivity index (χ1v) is 7.58. The molecule has 1 aliphatic rings. The van der Waals surface area contributed by atoms with E-state index < -0.39 is 6.10 Å². The molecule has 23 heavy (non-hydrogen) atoms. The number of carbonyl (C=O) groups is 2. The molecule has 1 heterocycles. The van der Waals surface area contributed by atoms with Gasteiger partial charge in [-0.3, -0.25) is 9.59 Å². The van der Waals surface area contributed by atoms with Crippen molar-refractivity contribution in [1.29, 1.82) is 0 Å². The molecule has 0 aliphatic carbocycles. The third-order valence-corrected chi connectivity index (χ3v) is 3.65. The van der Waals surface area contributed by atoms with E-state index >= 15 is 0 Å². The summed E-state index contributed by atoms with van der Waals surface area (Å²) >= 11 is 0. The minimum Gasteiger partial charge on any atom is -0.364 e. The normalized spacial score (nSPS) is 19.7. The summed E-state index contributed by atoms with van der Waals surface area (Å²) in [5, 5.41) is 5.55. The standard InChI is InChI=1S/C16H23N3O3.ClH/c1-11-3-2-4-12(9-11)15(20)18-7-8-19-16(21)14-6-5-13(10-17)22-14;/h2-4,9,13-14H,5-8,10,17H2,1H3,(H,18,20)(H,19,21);1H/t13-,14+;/m1./s1. The highest BCUT2D eigenvalue weighted by Crippen LogP contribution is 2.18. The van der Waals surface area contributed by atoms with Crippen LogP contribution in [0.1, 0.15) is 28.8 Å². The first-order chi connectivity index (χ1) is 10.6. The van der Waals surface area contributed by atoms with Crippen molar-refractivity contribution in [3.8, 4) is 0 Å². The Balaban J connectivity index is 0.00000264. The molecule has 0 unspecified atom stereocenters. The van der Waals surface area contributed by atoms with E-state index in [1.807, 2.05) is 25.1 Å². The van der Waals surface area contributed by atoms with Crippen molar-refractivity contribution in [3.05, 3.63) is 35.4 Å². The number of nitrogens with two attached hydrogens (primary N) is 1. The van der Waals surface area contributed by atoms with Crippen LogP contribution < -0.4 is 16.4 Å². The quantitative estimate of drug-likeness (QED) is 0.666. The lowest BCUT2D eigenvalue weighted by Gasteiger charge is -2.13. The maximum absolute atomic E-state index is 11.9. The van der Waals surface area contributed by atoms with Crippen LogP contribution in [0.3, 0.4) is 0 Å². The predicted molar refractivity (Wildman–Crippen MR) is 90.7 cm³/mol. The predicted octanol–water partition coefficient (Wildman–Crippen LogP) is 0.769. The molecule has 0 saturated carbocycles. The van der Waals surface area contributed by atoms with Gasteiger partial charge in [0.1, 0.15) is 6.10 Å². The minimum atomic E-state index is -0.416. The van der Waals surface area contributed by atoms with Crippen LogP contribution in [0.25, 0.3) is 0 Å². The van der Waals surface area contributed by atoms with Crippen LogP contribution in [0.5, 0.6) is 0 Å². The molecular weight excluding hydrogens is 318 g/mol. The Bertz CT molecular complexity index is 539. The van der Waals surface area contributed by atoms with Crippen molar-refractivity contribution in [3.63, 3.8) is 0 Å². The third kappa shape index (κ3) is 5.82. The van der Waals surface area contributed by atoms with Crippen molar-refractivity contribution in [2.75, 3.05) is 19.6 Å². The molecule has 1 aliphatic heterocycles. The number of ether oxygens (including phenoxy) is 1. The van der Waals surface area contributed by atoms with Crippen molar-refractivity contribution >= 4 is 24.2 Å². The maximum Gasteiger partial charge on any atom is 0.251 e. The Labute approximate surface area is 142 Å². The summed E-state index contributed by atoms with van der Waals surface area (Å²) in [5.41, 5.74) is 7.17. The Kier molecular flexibility index (Phi) is 8.02. The van der Waals surface area contributed by atoms with Gasteiger partial charge in [-0.15, -0.1) is 12.4 Å². The van der Waals surface area contributed by atoms with Crippen LogP contribution in [0.2, 0.25) is 0 Å². The summed E-state index contributed by atoms with van der Waals surface area (Å²) in [6.07, 6.45) is 1.08. The maximum atomic E-state index is 11.9. The highest BCUT2D eigenvalue weighted by Gasteiger charge is 2.29. The SMILES string of the molecule is Cc1cccc(C(=O)NCCNC(=O)[C@@H]2CC[C@H](CN)O2)c1.Cl. The number of amides is 2. The van der Waals surface area contributed by atoms with Gasteiger partial charge in [-0.1, -0.05) is 17.7 Å². The summed E-state index contributed by atoms with van der Waals surface area (Å²) in [6.45, 7) is 3.14. The van der Waals surface area contributed by atoms with Gasteiger partial charge in [-0.25, -0.2) is 0 Å². The molecule has 0 radical (unpaired) electrons. The highest BCUT2D eigenvalue weighted by molar-refractivity contribution is 5.94. The number of nitrogens with one attached hydrogen (secondary N) is 2. The molecule has 6 nitrogen and oxygen atoms in total. The number of halogens is 1. The summed E-state index contributed by atoms with van der Waals surface area (Å²) in [4.78, 5) is 23.8. The first-order valence-electron chi connectivity index (χ1n) is 7.58. The molecule has 0 aromatic heterocycles. The van der Waals surface area contributed by atoms with Gasteiger partial charge in [0.25, 0.3) is 5.91 Å². The number of hydrogen-bond acceptors (Lipinski definition) is 4. The van der Waals surface area contributed by atoms with Gasteiger partial charge in [-0.05, 0) is 31.9 Å². The minimum absolute atomic E-state index is 0. The Hall–Kier alpha value is -1.63. The molecule has 4 N–H and O–H groups in total. The van der Waals surface area contributed by atoms with E-state index in [0.717, 1.165) is 12.0 Å². The van der Waals surface area contributed by atoms with Crippen molar-refractivity contribution in [1.82, 2.24) is 10.6 Å². The molecule has 2 amide bonds. The average Bonchev–Trinajstić information content (AvgIpc) is 3.00. The van der Waals surface area contributed by atoms with E-state index in [1.54, 1.807) is 6.07 Å². The van der Waals surface area contributed by atoms with Gasteiger partial charge < -0.3 is 21.1 Å². The van der Waals surface area contributed by atoms with Gasteiger partial charge in [0, 0.05) is 25.2 Å². The number of rotatable bonds is 6. The number of carbonyl (C=O) groups excluding carboxylic acids is 2. The van der Waals surface area contributed by atoms with Crippen LogP contribution in [-0.4, -0.2) is 43.7 Å². The van der Waals surface area contributed by atoms with E-state index in [1.165, 1.54) is 0 Å². The molecule has 2 atom stereocenters. The van der Waals surface area contributed by atoms with E-state index in [9.17, 15) is 9.59 Å². The zero-order valence-corrected chi connectivity index (χ0v) is 14.0. The van der Waals surface area contributed by atoms with Crippen LogP contribution >= 0.6 is 12.4 Å². The van der Waals surface area contributed by atoms with Gasteiger partial charge in [0.15, 0.2) is 0 Å². The van der Waals surface area contributed by atoms with Gasteiger partial charge in [0.05, 0.1) is 6.10 Å². The molecule has 128 valence electrons. The molecule has 1 saturated heterocycles. The van der Waals surface area contributed by atoms with Crippen LogP contribution in [-0.2, 0) is 9.53 Å². The zero-order chi connectivity index (χ0) is 15.9. The summed E-state index contributed by atoms with van der Waals surface area (Å²) in [5.74, 6) is -0.279. The van der Waals surface area contributed by atoms with E-state index in [2.05, 4.69) is 10.6 Å². The number of hydrogen-bond donors (Lipinski definition) is 3. The Morgan fingerprint density at radius 2 is 2.00 bits per heavy atom. The van der Waals surface area contributed by atoms with Crippen molar-refractivity contribution in [2.45, 2.75) is 32.0 Å². The Morgan fingerprint density at radius 1 is 1.26 bits per heavy atom. The molecule has 0 spiro atoms. The second-order valence-corrected chi connectivity index (χ2v) is 5.48.